The molecule has 0 spiro atoms. The van der Waals surface area contributed by atoms with Crippen molar-refractivity contribution in [3.63, 3.8) is 0 Å². The largest absolute Gasteiger partial charge is 0.340 e. The summed E-state index contributed by atoms with van der Waals surface area (Å²) in [5, 5.41) is 4.12. The van der Waals surface area contributed by atoms with Gasteiger partial charge >= 0.3 is 0 Å². The smallest absolute Gasteiger partial charge is 0.245 e. The van der Waals surface area contributed by atoms with Crippen LogP contribution in [0.2, 0.25) is 0 Å². The van der Waals surface area contributed by atoms with Gasteiger partial charge in [0.1, 0.15) is 0 Å². The van der Waals surface area contributed by atoms with Crippen LogP contribution in [0.4, 0.5) is 5.95 Å². The molecule has 5 nitrogen and oxygen atoms in total. The minimum absolute atomic E-state index is 0.363. The van der Waals surface area contributed by atoms with Gasteiger partial charge in [0, 0.05) is 20.1 Å². The highest BCUT2D eigenvalue weighted by atomic mass is 16.1. The lowest BCUT2D eigenvalue weighted by atomic mass is 10.5. The number of aldehydes is 1. The predicted molar refractivity (Wildman–Crippen MR) is 50.0 cm³/mol. The zero-order valence-corrected chi connectivity index (χ0v) is 8.19. The highest BCUT2D eigenvalue weighted by Crippen LogP contribution is 2.06. The van der Waals surface area contributed by atoms with E-state index in [1.165, 1.54) is 4.68 Å². The van der Waals surface area contributed by atoms with Gasteiger partial charge < -0.3 is 4.90 Å². The Morgan fingerprint density at radius 2 is 2.08 bits per heavy atom. The lowest BCUT2D eigenvalue weighted by Crippen LogP contribution is -2.23. The van der Waals surface area contributed by atoms with Crippen molar-refractivity contribution in [2.45, 2.75) is 13.8 Å². The van der Waals surface area contributed by atoms with Gasteiger partial charge in [-0.1, -0.05) is 0 Å². The summed E-state index contributed by atoms with van der Waals surface area (Å²) in [5.74, 6) is 0.983. The van der Waals surface area contributed by atoms with Crippen LogP contribution < -0.4 is 4.90 Å². The number of nitrogens with zero attached hydrogens (tertiary/aromatic N) is 4. The van der Waals surface area contributed by atoms with Gasteiger partial charge in [0.25, 0.3) is 0 Å². The van der Waals surface area contributed by atoms with Crippen molar-refractivity contribution in [3.8, 4) is 0 Å². The molecule has 0 atom stereocenters. The zero-order chi connectivity index (χ0) is 9.84. The fourth-order valence-corrected chi connectivity index (χ4v) is 1.13. The number of aryl methyl sites for hydroxylation is 1. The van der Waals surface area contributed by atoms with Crippen LogP contribution in [0.5, 0.6) is 0 Å². The second kappa shape index (κ2) is 4.02. The number of carbonyl (C=O) groups is 1. The van der Waals surface area contributed by atoms with Crippen LogP contribution >= 0.6 is 0 Å². The number of anilines is 1. The SMILES string of the molecule is CCN(CC)c1nc(C=O)n(C)n1. The van der Waals surface area contributed by atoms with Crippen molar-refractivity contribution in [3.05, 3.63) is 5.82 Å². The van der Waals surface area contributed by atoms with E-state index in [0.717, 1.165) is 13.1 Å². The predicted octanol–water partition coefficient (Wildman–Crippen LogP) is 0.474. The molecule has 1 aromatic rings. The molecule has 1 rings (SSSR count). The van der Waals surface area contributed by atoms with Gasteiger partial charge in [0.05, 0.1) is 0 Å². The number of aromatic nitrogens is 3. The molecule has 0 bridgehead atoms. The first kappa shape index (κ1) is 9.70. The van der Waals surface area contributed by atoms with Crippen LogP contribution in [0.1, 0.15) is 24.5 Å². The number of rotatable bonds is 4. The molecule has 0 aromatic carbocycles. The molecule has 0 saturated heterocycles. The Balaban J connectivity index is 2.94. The third kappa shape index (κ3) is 1.85. The van der Waals surface area contributed by atoms with E-state index in [4.69, 9.17) is 0 Å². The van der Waals surface area contributed by atoms with Gasteiger partial charge in [-0.05, 0) is 13.8 Å². The molecule has 1 heterocycles. The van der Waals surface area contributed by atoms with Crippen LogP contribution in [0.3, 0.4) is 0 Å². The van der Waals surface area contributed by atoms with Gasteiger partial charge in [-0.2, -0.15) is 4.98 Å². The molecule has 5 heteroatoms. The minimum Gasteiger partial charge on any atom is -0.340 e. The summed E-state index contributed by atoms with van der Waals surface area (Å²) >= 11 is 0. The zero-order valence-electron chi connectivity index (χ0n) is 8.19. The van der Waals surface area contributed by atoms with Gasteiger partial charge in [0.15, 0.2) is 12.1 Å². The molecular formula is C8H14N4O. The summed E-state index contributed by atoms with van der Waals surface area (Å²) in [6, 6.07) is 0. The fourth-order valence-electron chi connectivity index (χ4n) is 1.13. The minimum atomic E-state index is 0.363. The third-order valence-electron chi connectivity index (χ3n) is 1.94. The van der Waals surface area contributed by atoms with E-state index < -0.39 is 0 Å². The summed E-state index contributed by atoms with van der Waals surface area (Å²) in [5.41, 5.74) is 0. The third-order valence-corrected chi connectivity index (χ3v) is 1.94. The molecule has 72 valence electrons. The van der Waals surface area contributed by atoms with Gasteiger partial charge in [0.2, 0.25) is 5.95 Å². The topological polar surface area (TPSA) is 51.0 Å². The highest BCUT2D eigenvalue weighted by Gasteiger charge is 2.10. The Morgan fingerprint density at radius 3 is 2.46 bits per heavy atom. The van der Waals surface area contributed by atoms with Gasteiger partial charge in [-0.25, -0.2) is 4.68 Å². The molecule has 0 aliphatic rings. The van der Waals surface area contributed by atoms with E-state index in [1.807, 2.05) is 18.7 Å². The van der Waals surface area contributed by atoms with Crippen LogP contribution in [-0.4, -0.2) is 34.1 Å². The molecule has 0 aliphatic heterocycles. The lowest BCUT2D eigenvalue weighted by Gasteiger charge is -2.15. The van der Waals surface area contributed by atoms with Gasteiger partial charge in [-0.15, -0.1) is 5.10 Å². The summed E-state index contributed by atoms with van der Waals surface area (Å²) in [4.78, 5) is 16.6. The Hall–Kier alpha value is -1.39. The summed E-state index contributed by atoms with van der Waals surface area (Å²) in [7, 11) is 1.71. The molecule has 13 heavy (non-hydrogen) atoms. The van der Waals surface area contributed by atoms with Crippen molar-refractivity contribution >= 4 is 12.2 Å². The average molecular weight is 182 g/mol. The number of hydrogen-bond donors (Lipinski definition) is 0. The quantitative estimate of drug-likeness (QED) is 0.635. The monoisotopic (exact) mass is 182 g/mol. The van der Waals surface area contributed by atoms with Crippen molar-refractivity contribution < 1.29 is 4.79 Å². The van der Waals surface area contributed by atoms with Crippen LogP contribution in [-0.2, 0) is 7.05 Å². The second-order valence-corrected chi connectivity index (χ2v) is 2.68. The first-order valence-electron chi connectivity index (χ1n) is 4.34. The molecule has 0 amide bonds. The Labute approximate surface area is 77.4 Å². The maximum atomic E-state index is 10.5. The van der Waals surface area contributed by atoms with Crippen molar-refractivity contribution in [1.82, 2.24) is 14.8 Å². The fraction of sp³-hybridized carbons (Fsp3) is 0.625. The molecule has 0 fully saturated rings. The second-order valence-electron chi connectivity index (χ2n) is 2.68. The van der Waals surface area contributed by atoms with E-state index in [2.05, 4.69) is 10.1 Å². The highest BCUT2D eigenvalue weighted by molar-refractivity contribution is 5.69. The van der Waals surface area contributed by atoms with Crippen molar-refractivity contribution in [2.24, 2.45) is 7.05 Å². The first-order chi connectivity index (χ1) is 6.22. The molecule has 0 unspecified atom stereocenters. The normalized spacial score (nSPS) is 10.1. The lowest BCUT2D eigenvalue weighted by molar-refractivity contribution is 0.111. The molecular weight excluding hydrogens is 168 g/mol. The summed E-state index contributed by atoms with van der Waals surface area (Å²) in [6.07, 6.45) is 0.708. The maximum Gasteiger partial charge on any atom is 0.245 e. The summed E-state index contributed by atoms with van der Waals surface area (Å²) < 4.78 is 1.49. The Bertz CT molecular complexity index is 290. The van der Waals surface area contributed by atoms with Crippen LogP contribution in [0.25, 0.3) is 0 Å². The van der Waals surface area contributed by atoms with Crippen LogP contribution in [0, 0.1) is 0 Å². The molecule has 0 saturated carbocycles. The Kier molecular flexibility index (Phi) is 3.00. The van der Waals surface area contributed by atoms with E-state index in [-0.39, 0.29) is 0 Å². The van der Waals surface area contributed by atoms with E-state index in [0.29, 0.717) is 18.1 Å². The van der Waals surface area contributed by atoms with Crippen molar-refractivity contribution in [2.75, 3.05) is 18.0 Å². The van der Waals surface area contributed by atoms with E-state index in [1.54, 1.807) is 7.05 Å². The first-order valence-corrected chi connectivity index (χ1v) is 4.34. The molecule has 0 N–H and O–H groups in total. The van der Waals surface area contributed by atoms with Crippen molar-refractivity contribution in [1.29, 1.82) is 0 Å². The Morgan fingerprint density at radius 1 is 1.46 bits per heavy atom. The number of hydrogen-bond acceptors (Lipinski definition) is 4. The summed E-state index contributed by atoms with van der Waals surface area (Å²) in [6.45, 7) is 5.75. The number of carbonyl (C=O) groups excluding carboxylic acids is 1. The van der Waals surface area contributed by atoms with E-state index >= 15 is 0 Å². The average Bonchev–Trinajstić information content (AvgIpc) is 2.49. The standard InChI is InChI=1S/C8H14N4O/c1-4-12(5-2)8-9-7(6-13)11(3)10-8/h6H,4-5H2,1-3H3. The van der Waals surface area contributed by atoms with E-state index in [9.17, 15) is 4.79 Å². The maximum absolute atomic E-state index is 10.5. The molecule has 0 aliphatic carbocycles. The molecule has 0 radical (unpaired) electrons. The molecule has 1 aromatic heterocycles. The van der Waals surface area contributed by atoms with Gasteiger partial charge in [-0.3, -0.25) is 4.79 Å². The van der Waals surface area contributed by atoms with Crippen LogP contribution in [0.15, 0.2) is 0 Å².